The molecule has 3 aromatic rings. The van der Waals surface area contributed by atoms with Gasteiger partial charge in [-0.3, -0.25) is 0 Å². The van der Waals surface area contributed by atoms with Crippen molar-refractivity contribution in [3.05, 3.63) is 48.0 Å². The summed E-state index contributed by atoms with van der Waals surface area (Å²) in [6, 6.07) is 14.7. The Morgan fingerprint density at radius 3 is 2.46 bits per heavy atom. The number of nitrogens with two attached hydrogens (primary N) is 1. The SMILES string of the molecule is N#Cc1c(-c2ccc(N)cc2)n(C2CCC2)c2cc(OC(F)F)ccc12. The average molecular weight is 353 g/mol. The number of rotatable bonds is 4. The number of aromatic nitrogens is 1. The monoisotopic (exact) mass is 353 g/mol. The fourth-order valence-electron chi connectivity index (χ4n) is 3.53. The first-order valence-electron chi connectivity index (χ1n) is 8.47. The van der Waals surface area contributed by atoms with Crippen LogP contribution in [0, 0.1) is 11.3 Å². The van der Waals surface area contributed by atoms with Gasteiger partial charge in [0.05, 0.1) is 16.8 Å². The number of halogens is 2. The van der Waals surface area contributed by atoms with Gasteiger partial charge in [0.15, 0.2) is 0 Å². The number of alkyl halides is 2. The molecule has 0 bridgehead atoms. The predicted molar refractivity (Wildman–Crippen MR) is 96.0 cm³/mol. The van der Waals surface area contributed by atoms with Gasteiger partial charge in [0.1, 0.15) is 11.8 Å². The van der Waals surface area contributed by atoms with Crippen LogP contribution < -0.4 is 10.5 Å². The van der Waals surface area contributed by atoms with Crippen LogP contribution in [-0.4, -0.2) is 11.2 Å². The quantitative estimate of drug-likeness (QED) is 0.665. The lowest BCUT2D eigenvalue weighted by atomic mass is 9.92. The first-order valence-corrected chi connectivity index (χ1v) is 8.47. The first kappa shape index (κ1) is 16.4. The third-order valence-corrected chi connectivity index (χ3v) is 4.94. The molecule has 1 aliphatic carbocycles. The van der Waals surface area contributed by atoms with Crippen molar-refractivity contribution in [2.75, 3.05) is 5.73 Å². The van der Waals surface area contributed by atoms with Crippen molar-refractivity contribution in [1.82, 2.24) is 4.57 Å². The van der Waals surface area contributed by atoms with Crippen LogP contribution in [0.5, 0.6) is 5.75 Å². The summed E-state index contributed by atoms with van der Waals surface area (Å²) < 4.78 is 31.9. The Hall–Kier alpha value is -3.07. The van der Waals surface area contributed by atoms with Crippen LogP contribution in [0.15, 0.2) is 42.5 Å². The molecule has 0 amide bonds. The second kappa shape index (κ2) is 6.34. The Morgan fingerprint density at radius 2 is 1.88 bits per heavy atom. The van der Waals surface area contributed by atoms with Crippen molar-refractivity contribution < 1.29 is 13.5 Å². The van der Waals surface area contributed by atoms with Crippen LogP contribution >= 0.6 is 0 Å². The van der Waals surface area contributed by atoms with E-state index in [0.29, 0.717) is 11.3 Å². The first-order chi connectivity index (χ1) is 12.6. The van der Waals surface area contributed by atoms with Gasteiger partial charge in [-0.2, -0.15) is 14.0 Å². The molecule has 1 heterocycles. The molecule has 1 fully saturated rings. The maximum atomic E-state index is 12.6. The van der Waals surface area contributed by atoms with Crippen LogP contribution in [0.3, 0.4) is 0 Å². The smallest absolute Gasteiger partial charge is 0.387 e. The molecule has 4 rings (SSSR count). The molecule has 1 aliphatic rings. The number of anilines is 1. The minimum Gasteiger partial charge on any atom is -0.435 e. The number of nitriles is 1. The Labute approximate surface area is 149 Å². The van der Waals surface area contributed by atoms with E-state index >= 15 is 0 Å². The maximum absolute atomic E-state index is 12.6. The Morgan fingerprint density at radius 1 is 1.15 bits per heavy atom. The average Bonchev–Trinajstić information content (AvgIpc) is 2.87. The molecule has 2 N–H and O–H groups in total. The normalized spacial score (nSPS) is 14.4. The minimum absolute atomic E-state index is 0.0962. The largest absolute Gasteiger partial charge is 0.435 e. The highest BCUT2D eigenvalue weighted by molar-refractivity contribution is 5.95. The summed E-state index contributed by atoms with van der Waals surface area (Å²) in [4.78, 5) is 0. The number of ether oxygens (including phenoxy) is 1. The number of hydrogen-bond donors (Lipinski definition) is 1. The number of fused-ring (bicyclic) bond motifs is 1. The summed E-state index contributed by atoms with van der Waals surface area (Å²) in [6.45, 7) is -2.88. The zero-order chi connectivity index (χ0) is 18.3. The Kier molecular flexibility index (Phi) is 4.00. The van der Waals surface area contributed by atoms with Crippen molar-refractivity contribution in [2.24, 2.45) is 0 Å². The zero-order valence-electron chi connectivity index (χ0n) is 14.0. The van der Waals surface area contributed by atoms with E-state index in [9.17, 15) is 14.0 Å². The fourth-order valence-corrected chi connectivity index (χ4v) is 3.53. The molecule has 6 heteroatoms. The highest BCUT2D eigenvalue weighted by Gasteiger charge is 2.28. The van der Waals surface area contributed by atoms with Gasteiger partial charge >= 0.3 is 6.61 Å². The number of nitrogen functional groups attached to an aromatic ring is 1. The number of hydrogen-bond acceptors (Lipinski definition) is 3. The molecule has 0 radical (unpaired) electrons. The van der Waals surface area contributed by atoms with E-state index in [2.05, 4.69) is 15.4 Å². The molecule has 0 unspecified atom stereocenters. The summed E-state index contributed by atoms with van der Waals surface area (Å²) in [6.07, 6.45) is 3.10. The predicted octanol–water partition coefficient (Wildman–Crippen LogP) is 5.09. The van der Waals surface area contributed by atoms with Crippen molar-refractivity contribution in [2.45, 2.75) is 31.9 Å². The highest BCUT2D eigenvalue weighted by atomic mass is 19.3. The maximum Gasteiger partial charge on any atom is 0.387 e. The molecule has 0 aliphatic heterocycles. The van der Waals surface area contributed by atoms with E-state index in [-0.39, 0.29) is 11.8 Å². The van der Waals surface area contributed by atoms with Gasteiger partial charge in [-0.15, -0.1) is 0 Å². The van der Waals surface area contributed by atoms with E-state index in [0.717, 1.165) is 41.4 Å². The third kappa shape index (κ3) is 2.66. The summed E-state index contributed by atoms with van der Waals surface area (Å²) in [5.41, 5.74) is 9.42. The molecule has 4 nitrogen and oxygen atoms in total. The summed E-state index contributed by atoms with van der Waals surface area (Å²) >= 11 is 0. The van der Waals surface area contributed by atoms with Crippen molar-refractivity contribution in [3.63, 3.8) is 0 Å². The summed E-state index contributed by atoms with van der Waals surface area (Å²) in [5, 5.41) is 10.5. The van der Waals surface area contributed by atoms with Crippen molar-refractivity contribution >= 4 is 16.6 Å². The molecular formula is C20H17F2N3O. The molecule has 0 saturated heterocycles. The van der Waals surface area contributed by atoms with Gasteiger partial charge in [-0.05, 0) is 49.1 Å². The van der Waals surface area contributed by atoms with Gasteiger partial charge in [-0.25, -0.2) is 0 Å². The number of nitrogens with zero attached hydrogens (tertiary/aromatic N) is 2. The van der Waals surface area contributed by atoms with Crippen LogP contribution in [0.4, 0.5) is 14.5 Å². The van der Waals surface area contributed by atoms with Gasteiger partial charge < -0.3 is 15.0 Å². The molecule has 1 aromatic heterocycles. The third-order valence-electron chi connectivity index (χ3n) is 4.94. The van der Waals surface area contributed by atoms with E-state index in [1.54, 1.807) is 24.3 Å². The second-order valence-corrected chi connectivity index (χ2v) is 6.47. The summed E-state index contributed by atoms with van der Waals surface area (Å²) in [7, 11) is 0. The van der Waals surface area contributed by atoms with Gasteiger partial charge in [0.25, 0.3) is 0 Å². The van der Waals surface area contributed by atoms with E-state index in [1.807, 2.05) is 12.1 Å². The van der Waals surface area contributed by atoms with Gasteiger partial charge in [0, 0.05) is 23.2 Å². The second-order valence-electron chi connectivity index (χ2n) is 6.47. The van der Waals surface area contributed by atoms with Crippen LogP contribution in [0.25, 0.3) is 22.2 Å². The van der Waals surface area contributed by atoms with Crippen molar-refractivity contribution in [3.8, 4) is 23.1 Å². The molecule has 2 aromatic carbocycles. The lowest BCUT2D eigenvalue weighted by Gasteiger charge is -2.30. The standard InChI is InChI=1S/C20H17F2N3O/c21-20(22)26-15-8-9-16-17(11-23)19(12-4-6-13(24)7-5-12)25(18(16)10-15)14-2-1-3-14/h4-10,14,20H,1-3,24H2. The highest BCUT2D eigenvalue weighted by Crippen LogP contribution is 2.43. The minimum atomic E-state index is -2.88. The lowest BCUT2D eigenvalue weighted by Crippen LogP contribution is -2.17. The van der Waals surface area contributed by atoms with Crippen molar-refractivity contribution in [1.29, 1.82) is 5.26 Å². The van der Waals surface area contributed by atoms with E-state index in [1.165, 1.54) is 6.07 Å². The molecule has 1 saturated carbocycles. The van der Waals surface area contributed by atoms with Crippen LogP contribution in [0.1, 0.15) is 30.9 Å². The number of benzene rings is 2. The fraction of sp³-hybridized carbons (Fsp3) is 0.250. The van der Waals surface area contributed by atoms with Gasteiger partial charge in [0.2, 0.25) is 0 Å². The molecule has 26 heavy (non-hydrogen) atoms. The molecule has 0 spiro atoms. The Balaban J connectivity index is 1.99. The van der Waals surface area contributed by atoms with E-state index in [4.69, 9.17) is 5.73 Å². The van der Waals surface area contributed by atoms with E-state index < -0.39 is 6.61 Å². The van der Waals surface area contributed by atoms with Crippen LogP contribution in [-0.2, 0) is 0 Å². The molecular weight excluding hydrogens is 336 g/mol. The summed E-state index contributed by atoms with van der Waals surface area (Å²) in [5.74, 6) is 0.0962. The zero-order valence-corrected chi connectivity index (χ0v) is 14.0. The topological polar surface area (TPSA) is 64.0 Å². The Bertz CT molecular complexity index is 999. The molecule has 0 atom stereocenters. The lowest BCUT2D eigenvalue weighted by molar-refractivity contribution is -0.0497. The molecule has 132 valence electrons. The van der Waals surface area contributed by atoms with Crippen LogP contribution in [0.2, 0.25) is 0 Å². The van der Waals surface area contributed by atoms with Gasteiger partial charge in [-0.1, -0.05) is 12.1 Å².